The van der Waals surface area contributed by atoms with Crippen LogP contribution >= 0.6 is 0 Å². The van der Waals surface area contributed by atoms with Crippen molar-refractivity contribution in [1.82, 2.24) is 10.2 Å². The van der Waals surface area contributed by atoms with Crippen LogP contribution in [-0.4, -0.2) is 30.5 Å². The number of H-pyrrole nitrogens is 1. The standard InChI is InChI=1S/C15H19N3O3/c1-9-14(10(2)18-17-9)16-8-11-6-12(19-3)15-13(7-11)20-4-5-21-15/h6-7,16H,4-5,8H2,1-3H3,(H,17,18). The zero-order valence-corrected chi connectivity index (χ0v) is 12.4. The highest BCUT2D eigenvalue weighted by Gasteiger charge is 2.18. The van der Waals surface area contributed by atoms with Crippen LogP contribution in [0.4, 0.5) is 5.69 Å². The highest BCUT2D eigenvalue weighted by molar-refractivity contribution is 5.56. The van der Waals surface area contributed by atoms with Gasteiger partial charge in [-0.25, -0.2) is 0 Å². The molecule has 0 saturated carbocycles. The molecule has 2 N–H and O–H groups in total. The van der Waals surface area contributed by atoms with E-state index in [0.717, 1.165) is 28.4 Å². The number of nitrogens with zero attached hydrogens (tertiary/aromatic N) is 1. The maximum Gasteiger partial charge on any atom is 0.203 e. The third kappa shape index (κ3) is 2.61. The van der Waals surface area contributed by atoms with Crippen LogP contribution in [0.1, 0.15) is 17.0 Å². The highest BCUT2D eigenvalue weighted by Crippen LogP contribution is 2.40. The quantitative estimate of drug-likeness (QED) is 0.904. The van der Waals surface area contributed by atoms with Gasteiger partial charge in [-0.3, -0.25) is 5.10 Å². The summed E-state index contributed by atoms with van der Waals surface area (Å²) in [5.41, 5.74) is 4.08. The Kier molecular flexibility index (Phi) is 3.60. The van der Waals surface area contributed by atoms with Gasteiger partial charge in [-0.2, -0.15) is 5.10 Å². The Morgan fingerprint density at radius 3 is 2.81 bits per heavy atom. The Bertz CT molecular complexity index is 615. The summed E-state index contributed by atoms with van der Waals surface area (Å²) in [7, 11) is 1.63. The van der Waals surface area contributed by atoms with Crippen molar-refractivity contribution < 1.29 is 14.2 Å². The lowest BCUT2D eigenvalue weighted by atomic mass is 10.1. The van der Waals surface area contributed by atoms with Gasteiger partial charge < -0.3 is 19.5 Å². The Hall–Kier alpha value is -2.37. The molecule has 112 valence electrons. The van der Waals surface area contributed by atoms with Crippen molar-refractivity contribution in [2.45, 2.75) is 20.4 Å². The lowest BCUT2D eigenvalue weighted by molar-refractivity contribution is 0.165. The van der Waals surface area contributed by atoms with Crippen LogP contribution in [0, 0.1) is 13.8 Å². The first kappa shape index (κ1) is 13.6. The smallest absolute Gasteiger partial charge is 0.203 e. The average molecular weight is 289 g/mol. The van der Waals surface area contributed by atoms with E-state index in [0.29, 0.717) is 31.3 Å². The molecule has 6 nitrogen and oxygen atoms in total. The number of ether oxygens (including phenoxy) is 3. The molecule has 0 amide bonds. The molecular weight excluding hydrogens is 270 g/mol. The molecule has 1 aliphatic rings. The molecule has 0 aliphatic carbocycles. The Balaban J connectivity index is 1.82. The van der Waals surface area contributed by atoms with Crippen molar-refractivity contribution in [3.63, 3.8) is 0 Å². The summed E-state index contributed by atoms with van der Waals surface area (Å²) in [6, 6.07) is 3.94. The van der Waals surface area contributed by atoms with Gasteiger partial charge in [-0.1, -0.05) is 0 Å². The van der Waals surface area contributed by atoms with E-state index < -0.39 is 0 Å². The van der Waals surface area contributed by atoms with Gasteiger partial charge >= 0.3 is 0 Å². The van der Waals surface area contributed by atoms with Gasteiger partial charge in [0, 0.05) is 6.54 Å². The maximum absolute atomic E-state index is 5.64. The molecule has 0 bridgehead atoms. The summed E-state index contributed by atoms with van der Waals surface area (Å²) >= 11 is 0. The molecule has 0 saturated heterocycles. The number of anilines is 1. The molecule has 0 atom stereocenters. The van der Waals surface area contributed by atoms with Crippen LogP contribution in [0.2, 0.25) is 0 Å². The zero-order valence-electron chi connectivity index (χ0n) is 12.4. The number of methoxy groups -OCH3 is 1. The molecule has 6 heteroatoms. The van der Waals surface area contributed by atoms with Gasteiger partial charge in [0.05, 0.1) is 24.2 Å². The Labute approximate surface area is 123 Å². The van der Waals surface area contributed by atoms with Crippen LogP contribution in [0.5, 0.6) is 17.2 Å². The Morgan fingerprint density at radius 2 is 2.10 bits per heavy atom. The molecule has 21 heavy (non-hydrogen) atoms. The SMILES string of the molecule is COc1cc(CNc2c(C)n[nH]c2C)cc2c1OCCO2. The van der Waals surface area contributed by atoms with Crippen LogP contribution in [-0.2, 0) is 6.54 Å². The fraction of sp³-hybridized carbons (Fsp3) is 0.400. The summed E-state index contributed by atoms with van der Waals surface area (Å²) in [4.78, 5) is 0. The third-order valence-electron chi connectivity index (χ3n) is 3.49. The molecule has 1 aromatic carbocycles. The van der Waals surface area contributed by atoms with Gasteiger partial charge in [0.1, 0.15) is 13.2 Å². The summed E-state index contributed by atoms with van der Waals surface area (Å²) in [5, 5.41) is 10.5. The molecule has 3 rings (SSSR count). The van der Waals surface area contributed by atoms with Crippen molar-refractivity contribution in [3.05, 3.63) is 29.1 Å². The number of hydrogen-bond donors (Lipinski definition) is 2. The minimum absolute atomic E-state index is 0.550. The van der Waals surface area contributed by atoms with Gasteiger partial charge in [-0.05, 0) is 31.5 Å². The predicted molar refractivity (Wildman–Crippen MR) is 79.4 cm³/mol. The van der Waals surface area contributed by atoms with Crippen LogP contribution in [0.3, 0.4) is 0 Å². The van der Waals surface area contributed by atoms with Crippen molar-refractivity contribution in [2.75, 3.05) is 25.6 Å². The number of benzene rings is 1. The number of aromatic amines is 1. The fourth-order valence-corrected chi connectivity index (χ4v) is 2.43. The minimum atomic E-state index is 0.550. The second-order valence-corrected chi connectivity index (χ2v) is 4.98. The Morgan fingerprint density at radius 1 is 1.29 bits per heavy atom. The maximum atomic E-state index is 5.64. The van der Waals surface area contributed by atoms with Crippen molar-refractivity contribution in [2.24, 2.45) is 0 Å². The third-order valence-corrected chi connectivity index (χ3v) is 3.49. The zero-order chi connectivity index (χ0) is 14.8. The summed E-state index contributed by atoms with van der Waals surface area (Å²) in [6.45, 7) is 5.73. The van der Waals surface area contributed by atoms with Crippen LogP contribution in [0.25, 0.3) is 0 Å². The van der Waals surface area contributed by atoms with E-state index in [-0.39, 0.29) is 0 Å². The number of rotatable bonds is 4. The first-order valence-corrected chi connectivity index (χ1v) is 6.91. The lowest BCUT2D eigenvalue weighted by Gasteiger charge is -2.21. The molecule has 1 aliphatic heterocycles. The van der Waals surface area contributed by atoms with E-state index in [1.54, 1.807) is 7.11 Å². The largest absolute Gasteiger partial charge is 0.493 e. The molecule has 2 aromatic rings. The van der Waals surface area contributed by atoms with Gasteiger partial charge in [0.2, 0.25) is 5.75 Å². The average Bonchev–Trinajstić information content (AvgIpc) is 2.83. The van der Waals surface area contributed by atoms with Crippen molar-refractivity contribution >= 4 is 5.69 Å². The summed E-state index contributed by atoms with van der Waals surface area (Å²) in [5.74, 6) is 2.12. The first-order chi connectivity index (χ1) is 10.2. The van der Waals surface area contributed by atoms with Crippen LogP contribution in [0.15, 0.2) is 12.1 Å². The topological polar surface area (TPSA) is 68.4 Å². The van der Waals surface area contributed by atoms with E-state index in [9.17, 15) is 0 Å². The number of nitrogens with one attached hydrogen (secondary N) is 2. The molecule has 0 radical (unpaired) electrons. The molecule has 0 fully saturated rings. The molecule has 1 aromatic heterocycles. The van der Waals surface area contributed by atoms with E-state index in [1.165, 1.54) is 0 Å². The number of hydrogen-bond acceptors (Lipinski definition) is 5. The van der Waals surface area contributed by atoms with Crippen molar-refractivity contribution in [3.8, 4) is 17.2 Å². The van der Waals surface area contributed by atoms with E-state index in [2.05, 4.69) is 15.5 Å². The van der Waals surface area contributed by atoms with E-state index >= 15 is 0 Å². The summed E-state index contributed by atoms with van der Waals surface area (Å²) in [6.07, 6.45) is 0. The van der Waals surface area contributed by atoms with Crippen LogP contribution < -0.4 is 19.5 Å². The molecule has 0 spiro atoms. The van der Waals surface area contributed by atoms with E-state index in [1.807, 2.05) is 26.0 Å². The number of aryl methyl sites for hydroxylation is 2. The van der Waals surface area contributed by atoms with Crippen molar-refractivity contribution in [1.29, 1.82) is 0 Å². The number of aromatic nitrogens is 2. The monoisotopic (exact) mass is 289 g/mol. The second-order valence-electron chi connectivity index (χ2n) is 4.98. The molecular formula is C15H19N3O3. The minimum Gasteiger partial charge on any atom is -0.493 e. The van der Waals surface area contributed by atoms with Gasteiger partial charge in [0.25, 0.3) is 0 Å². The molecule has 0 unspecified atom stereocenters. The molecule has 2 heterocycles. The van der Waals surface area contributed by atoms with Gasteiger partial charge in [0.15, 0.2) is 11.5 Å². The summed E-state index contributed by atoms with van der Waals surface area (Å²) < 4.78 is 16.6. The fourth-order valence-electron chi connectivity index (χ4n) is 2.43. The normalized spacial score (nSPS) is 13.1. The highest BCUT2D eigenvalue weighted by atomic mass is 16.6. The lowest BCUT2D eigenvalue weighted by Crippen LogP contribution is -2.16. The second kappa shape index (κ2) is 5.55. The number of fused-ring (bicyclic) bond motifs is 1. The first-order valence-electron chi connectivity index (χ1n) is 6.91. The van der Waals surface area contributed by atoms with Gasteiger partial charge in [-0.15, -0.1) is 0 Å². The van der Waals surface area contributed by atoms with E-state index in [4.69, 9.17) is 14.2 Å². The predicted octanol–water partition coefficient (Wildman–Crippen LogP) is 2.42.